The molecular weight excluding hydrogens is 640 g/mol. The van der Waals surface area contributed by atoms with Crippen LogP contribution in [0.2, 0.25) is 0 Å². The van der Waals surface area contributed by atoms with Gasteiger partial charge in [-0.1, -0.05) is 78.9 Å². The van der Waals surface area contributed by atoms with Crippen LogP contribution in [-0.2, 0) is 31.0 Å². The van der Waals surface area contributed by atoms with Gasteiger partial charge in [-0.25, -0.2) is 4.39 Å². The van der Waals surface area contributed by atoms with E-state index in [4.69, 9.17) is 0 Å². The van der Waals surface area contributed by atoms with E-state index in [0.717, 1.165) is 11.1 Å². The SMILES string of the molecule is COC(=O)CNC(=O)C1(c2ccc(-c3ccc([C@H](NC4(C(=O)N[C@H](C#N)Cc5ccccc5)CC4C(C)(C)F)C(F)(F)F)cc3)cc2)CC1. The maximum Gasteiger partial charge on any atom is 0.407 e. The number of methoxy groups -OCH3 is 1. The van der Waals surface area contributed by atoms with Crippen molar-refractivity contribution < 1.29 is 36.7 Å². The third-order valence-electron chi connectivity index (χ3n) is 9.49. The van der Waals surface area contributed by atoms with Crippen LogP contribution in [0, 0.1) is 17.2 Å². The first-order chi connectivity index (χ1) is 23.1. The predicted molar refractivity (Wildman–Crippen MR) is 173 cm³/mol. The average molecular weight is 679 g/mol. The molecule has 4 atom stereocenters. The second-order valence-corrected chi connectivity index (χ2v) is 13.3. The lowest BCUT2D eigenvalue weighted by atomic mass is 9.92. The van der Waals surface area contributed by atoms with E-state index >= 15 is 4.39 Å². The zero-order chi connectivity index (χ0) is 35.6. The standard InChI is InChI=1S/C37H38F4N4O4/c1-34(2,38)29-20-36(29,33(48)44-28(21-42)19-23-7-5-4-6-8-23)45-31(37(39,40)41)26-11-9-24(10-12-26)25-13-15-27(16-14-25)35(17-18-35)32(47)43-22-30(46)49-3/h4-16,28-29,31,45H,17-20,22H2,1-3H3,(H,43,47)(H,44,48)/t28-,29?,31-,36?/m0/s1. The third-order valence-corrected chi connectivity index (χ3v) is 9.49. The molecule has 2 unspecified atom stereocenters. The lowest BCUT2D eigenvalue weighted by Crippen LogP contribution is -2.55. The van der Waals surface area contributed by atoms with Crippen LogP contribution in [0.4, 0.5) is 17.6 Å². The van der Waals surface area contributed by atoms with Crippen molar-refractivity contribution in [2.45, 2.75) is 74.4 Å². The molecule has 0 heterocycles. The molecule has 2 saturated carbocycles. The molecular formula is C37H38F4N4O4. The molecule has 0 aliphatic heterocycles. The average Bonchev–Trinajstić information content (AvgIpc) is 4.01. The molecule has 0 bridgehead atoms. The summed E-state index contributed by atoms with van der Waals surface area (Å²) in [5.41, 5.74) is -1.93. The van der Waals surface area contributed by atoms with Gasteiger partial charge in [0, 0.05) is 12.3 Å². The van der Waals surface area contributed by atoms with E-state index in [1.54, 1.807) is 54.6 Å². The first-order valence-electron chi connectivity index (χ1n) is 16.0. The van der Waals surface area contributed by atoms with Crippen LogP contribution in [0.15, 0.2) is 78.9 Å². The summed E-state index contributed by atoms with van der Waals surface area (Å²) in [6.45, 7) is 2.22. The number of nitriles is 1. The van der Waals surface area contributed by atoms with Gasteiger partial charge in [0.25, 0.3) is 0 Å². The highest BCUT2D eigenvalue weighted by Crippen LogP contribution is 2.54. The summed E-state index contributed by atoms with van der Waals surface area (Å²) in [6, 6.07) is 20.3. The minimum atomic E-state index is -4.84. The summed E-state index contributed by atoms with van der Waals surface area (Å²) in [5.74, 6) is -2.75. The lowest BCUT2D eigenvalue weighted by molar-refractivity contribution is -0.162. The number of nitrogens with zero attached hydrogens (tertiary/aromatic N) is 1. The minimum absolute atomic E-state index is 0.136. The zero-order valence-electron chi connectivity index (χ0n) is 27.4. The van der Waals surface area contributed by atoms with Gasteiger partial charge in [-0.05, 0) is 60.9 Å². The van der Waals surface area contributed by atoms with E-state index in [2.05, 4.69) is 20.7 Å². The maximum absolute atomic E-state index is 15.2. The number of esters is 1. The first kappa shape index (κ1) is 35.5. The van der Waals surface area contributed by atoms with Crippen molar-refractivity contribution in [1.29, 1.82) is 5.26 Å². The number of benzene rings is 3. The van der Waals surface area contributed by atoms with Crippen LogP contribution >= 0.6 is 0 Å². The van der Waals surface area contributed by atoms with Crippen LogP contribution in [0.5, 0.6) is 0 Å². The van der Waals surface area contributed by atoms with E-state index in [1.807, 2.05) is 6.07 Å². The van der Waals surface area contributed by atoms with Gasteiger partial charge in [-0.3, -0.25) is 19.7 Å². The van der Waals surface area contributed by atoms with E-state index in [0.29, 0.717) is 24.0 Å². The van der Waals surface area contributed by atoms with Crippen molar-refractivity contribution in [2.75, 3.05) is 13.7 Å². The molecule has 2 amide bonds. The Morgan fingerprint density at radius 3 is 2.00 bits per heavy atom. The highest BCUT2D eigenvalue weighted by atomic mass is 19.4. The van der Waals surface area contributed by atoms with Crippen LogP contribution in [-0.4, -0.2) is 54.9 Å². The Balaban J connectivity index is 1.33. The zero-order valence-corrected chi connectivity index (χ0v) is 27.4. The van der Waals surface area contributed by atoms with Crippen molar-refractivity contribution in [3.8, 4) is 17.2 Å². The van der Waals surface area contributed by atoms with Gasteiger partial charge in [0.15, 0.2) is 0 Å². The van der Waals surface area contributed by atoms with Crippen molar-refractivity contribution >= 4 is 17.8 Å². The van der Waals surface area contributed by atoms with Gasteiger partial charge < -0.3 is 15.4 Å². The van der Waals surface area contributed by atoms with E-state index in [1.165, 1.54) is 45.2 Å². The minimum Gasteiger partial charge on any atom is -0.468 e. The summed E-state index contributed by atoms with van der Waals surface area (Å²) in [7, 11) is 1.23. The Morgan fingerprint density at radius 2 is 1.51 bits per heavy atom. The largest absolute Gasteiger partial charge is 0.468 e. The molecule has 2 aliphatic rings. The third kappa shape index (κ3) is 7.78. The molecule has 0 spiro atoms. The van der Waals surface area contributed by atoms with E-state index < -0.39 is 52.7 Å². The van der Waals surface area contributed by atoms with Crippen LogP contribution < -0.4 is 16.0 Å². The smallest absolute Gasteiger partial charge is 0.407 e. The van der Waals surface area contributed by atoms with Crippen LogP contribution in [0.25, 0.3) is 11.1 Å². The molecule has 12 heteroatoms. The summed E-state index contributed by atoms with van der Waals surface area (Å²) in [5, 5.41) is 17.4. The number of ether oxygens (including phenoxy) is 1. The van der Waals surface area contributed by atoms with Gasteiger partial charge in [0.1, 0.15) is 29.8 Å². The van der Waals surface area contributed by atoms with Crippen molar-refractivity contribution in [3.63, 3.8) is 0 Å². The van der Waals surface area contributed by atoms with Gasteiger partial charge in [-0.2, -0.15) is 18.4 Å². The van der Waals surface area contributed by atoms with Crippen LogP contribution in [0.3, 0.4) is 0 Å². The predicted octanol–water partition coefficient (Wildman–Crippen LogP) is 5.63. The highest BCUT2D eigenvalue weighted by molar-refractivity contribution is 5.93. The van der Waals surface area contributed by atoms with Gasteiger partial charge in [0.05, 0.1) is 18.6 Å². The number of rotatable bonds is 13. The quantitative estimate of drug-likeness (QED) is 0.159. The Kier molecular flexibility index (Phi) is 9.89. The normalized spacial score (nSPS) is 20.7. The molecule has 3 N–H and O–H groups in total. The maximum atomic E-state index is 15.2. The Morgan fingerprint density at radius 1 is 0.918 bits per heavy atom. The van der Waals surface area contributed by atoms with Crippen molar-refractivity contribution in [1.82, 2.24) is 16.0 Å². The molecule has 3 aromatic carbocycles. The molecule has 258 valence electrons. The Bertz CT molecular complexity index is 1710. The lowest BCUT2D eigenvalue weighted by Gasteiger charge is -2.30. The molecule has 8 nitrogen and oxygen atoms in total. The summed E-state index contributed by atoms with van der Waals surface area (Å²) in [6.07, 6.45) is -3.65. The summed E-state index contributed by atoms with van der Waals surface area (Å²) >= 11 is 0. The van der Waals surface area contributed by atoms with Crippen LogP contribution in [0.1, 0.15) is 55.8 Å². The van der Waals surface area contributed by atoms with Gasteiger partial charge >= 0.3 is 12.1 Å². The molecule has 0 radical (unpaired) electrons. The number of carbonyl (C=O) groups is 3. The highest BCUT2D eigenvalue weighted by Gasteiger charge is 2.68. The molecule has 49 heavy (non-hydrogen) atoms. The second kappa shape index (κ2) is 13.6. The number of halogens is 4. The number of amides is 2. The topological polar surface area (TPSA) is 120 Å². The molecule has 2 aliphatic carbocycles. The van der Waals surface area contributed by atoms with Gasteiger partial charge in [0.2, 0.25) is 11.8 Å². The molecule has 2 fully saturated rings. The number of hydrogen-bond acceptors (Lipinski definition) is 6. The second-order valence-electron chi connectivity index (χ2n) is 13.3. The molecule has 0 saturated heterocycles. The van der Waals surface area contributed by atoms with E-state index in [9.17, 15) is 32.8 Å². The number of carbonyl (C=O) groups excluding carboxylic acids is 3. The number of nitrogens with one attached hydrogen (secondary N) is 3. The van der Waals surface area contributed by atoms with Gasteiger partial charge in [-0.15, -0.1) is 0 Å². The van der Waals surface area contributed by atoms with Crippen molar-refractivity contribution in [2.24, 2.45) is 5.92 Å². The Labute approximate surface area is 282 Å². The van der Waals surface area contributed by atoms with E-state index in [-0.39, 0.29) is 30.9 Å². The first-order valence-corrected chi connectivity index (χ1v) is 16.0. The van der Waals surface area contributed by atoms with Crippen molar-refractivity contribution in [3.05, 3.63) is 95.6 Å². The fourth-order valence-electron chi connectivity index (χ4n) is 6.46. The summed E-state index contributed by atoms with van der Waals surface area (Å²) in [4.78, 5) is 37.8. The molecule has 3 aromatic rings. The molecule has 0 aromatic heterocycles. The fourth-order valence-corrected chi connectivity index (χ4v) is 6.46. The number of hydrogen-bond donors (Lipinski definition) is 3. The molecule has 5 rings (SSSR count). The Hall–Kier alpha value is -4.76. The number of alkyl halides is 4. The monoisotopic (exact) mass is 678 g/mol. The summed E-state index contributed by atoms with van der Waals surface area (Å²) < 4.78 is 63.7. The fraction of sp³-hybridized carbons (Fsp3) is 0.405.